The van der Waals surface area contributed by atoms with Gasteiger partial charge in [-0.05, 0) is 37.4 Å². The molecule has 1 aliphatic carbocycles. The number of fused-ring (bicyclic) bond motifs is 1. The summed E-state index contributed by atoms with van der Waals surface area (Å²) in [5, 5.41) is 14.0. The topological polar surface area (TPSA) is 95.8 Å². The second kappa shape index (κ2) is 9.45. The SMILES string of the molecule is O=C(CN1CCN(Cc2cccc([N+](=O)[O-])c2)CC1)NC1CC(=O)c2c(Br)sc(Br)c21. The van der Waals surface area contributed by atoms with Crippen LogP contribution in [0.3, 0.4) is 0 Å². The highest BCUT2D eigenvalue weighted by Crippen LogP contribution is 2.46. The largest absolute Gasteiger partial charge is 0.348 e. The minimum atomic E-state index is -0.381. The summed E-state index contributed by atoms with van der Waals surface area (Å²) in [5.74, 6) is -0.0455. The van der Waals surface area contributed by atoms with Gasteiger partial charge in [-0.25, -0.2) is 0 Å². The van der Waals surface area contributed by atoms with E-state index < -0.39 is 0 Å². The number of rotatable bonds is 6. The summed E-state index contributed by atoms with van der Waals surface area (Å²) >= 11 is 8.39. The Labute approximate surface area is 200 Å². The fourth-order valence-electron chi connectivity index (χ4n) is 4.05. The molecule has 164 valence electrons. The molecule has 1 amide bonds. The number of amides is 1. The number of nitrogens with zero attached hydrogens (tertiary/aromatic N) is 3. The monoisotopic (exact) mass is 570 g/mol. The first-order valence-corrected chi connectivity index (χ1v) is 12.2. The highest BCUT2D eigenvalue weighted by atomic mass is 79.9. The maximum atomic E-state index is 12.6. The Kier molecular flexibility index (Phi) is 6.87. The quantitative estimate of drug-likeness (QED) is 0.419. The standard InChI is InChI=1S/C20H20Br2N4O4S/c21-19-17-14(9-15(27)18(17)20(22)31-19)23-16(28)11-25-6-4-24(5-7-25)10-12-2-1-3-13(8-12)26(29)30/h1-3,8,14H,4-7,9-11H2,(H,23,28). The Morgan fingerprint density at radius 1 is 1.19 bits per heavy atom. The van der Waals surface area contributed by atoms with Crippen molar-refractivity contribution in [3.05, 3.63) is 58.6 Å². The van der Waals surface area contributed by atoms with Gasteiger partial charge in [-0.1, -0.05) is 12.1 Å². The van der Waals surface area contributed by atoms with Crippen molar-refractivity contribution in [3.8, 4) is 0 Å². The molecule has 0 spiro atoms. The van der Waals surface area contributed by atoms with Crippen molar-refractivity contribution in [2.75, 3.05) is 32.7 Å². The van der Waals surface area contributed by atoms with E-state index in [0.29, 0.717) is 12.1 Å². The zero-order valence-electron chi connectivity index (χ0n) is 16.5. The molecule has 0 bridgehead atoms. The fourth-order valence-corrected chi connectivity index (χ4v) is 7.42. The van der Waals surface area contributed by atoms with E-state index in [1.165, 1.54) is 17.4 Å². The molecule has 2 aliphatic rings. The first-order chi connectivity index (χ1) is 14.8. The van der Waals surface area contributed by atoms with Gasteiger partial charge in [-0.3, -0.25) is 29.5 Å². The maximum absolute atomic E-state index is 12.6. The summed E-state index contributed by atoms with van der Waals surface area (Å²) in [6.07, 6.45) is 0.290. The van der Waals surface area contributed by atoms with Crippen LogP contribution in [0.25, 0.3) is 0 Å². The Bertz CT molecular complexity index is 1040. The molecule has 11 heteroatoms. The Balaban J connectivity index is 1.27. The third-order valence-corrected chi connectivity index (χ3v) is 8.15. The van der Waals surface area contributed by atoms with Gasteiger partial charge in [-0.2, -0.15) is 0 Å². The number of halogens is 2. The second-order valence-corrected chi connectivity index (χ2v) is 11.3. The number of thiophene rings is 1. The van der Waals surface area contributed by atoms with Gasteiger partial charge < -0.3 is 5.32 Å². The van der Waals surface area contributed by atoms with Crippen LogP contribution < -0.4 is 5.32 Å². The summed E-state index contributed by atoms with van der Waals surface area (Å²) in [5.41, 5.74) is 2.56. The fraction of sp³-hybridized carbons (Fsp3) is 0.400. The van der Waals surface area contributed by atoms with Crippen LogP contribution in [0.1, 0.15) is 33.9 Å². The van der Waals surface area contributed by atoms with Gasteiger partial charge >= 0.3 is 0 Å². The van der Waals surface area contributed by atoms with Crippen molar-refractivity contribution in [1.29, 1.82) is 0 Å². The van der Waals surface area contributed by atoms with Crippen LogP contribution in [-0.2, 0) is 11.3 Å². The molecule has 2 heterocycles. The van der Waals surface area contributed by atoms with E-state index in [9.17, 15) is 19.7 Å². The van der Waals surface area contributed by atoms with Crippen molar-refractivity contribution in [2.45, 2.75) is 19.0 Å². The van der Waals surface area contributed by atoms with Crippen LogP contribution in [0, 0.1) is 10.1 Å². The lowest BCUT2D eigenvalue weighted by Gasteiger charge is -2.34. The van der Waals surface area contributed by atoms with Crippen LogP contribution in [0.5, 0.6) is 0 Å². The molecule has 1 N–H and O–H groups in total. The number of ketones is 1. The molecule has 1 aromatic heterocycles. The predicted octanol–water partition coefficient (Wildman–Crippen LogP) is 3.74. The zero-order chi connectivity index (χ0) is 22.1. The van der Waals surface area contributed by atoms with Gasteiger partial charge in [0.2, 0.25) is 5.91 Å². The molecule has 8 nitrogen and oxygen atoms in total. The van der Waals surface area contributed by atoms with Gasteiger partial charge in [-0.15, -0.1) is 11.3 Å². The molecule has 1 aromatic carbocycles. The van der Waals surface area contributed by atoms with E-state index in [1.807, 2.05) is 6.07 Å². The lowest BCUT2D eigenvalue weighted by molar-refractivity contribution is -0.384. The van der Waals surface area contributed by atoms with Gasteiger partial charge in [0.05, 0.1) is 25.1 Å². The summed E-state index contributed by atoms with van der Waals surface area (Å²) < 4.78 is 1.68. The third kappa shape index (κ3) is 5.06. The van der Waals surface area contributed by atoms with Crippen molar-refractivity contribution in [2.24, 2.45) is 0 Å². The molecular weight excluding hydrogens is 552 g/mol. The molecule has 0 radical (unpaired) electrons. The number of carbonyl (C=O) groups excluding carboxylic acids is 2. The smallest absolute Gasteiger partial charge is 0.269 e. The van der Waals surface area contributed by atoms with E-state index in [2.05, 4.69) is 47.0 Å². The average Bonchev–Trinajstić information content (AvgIpc) is 3.21. The van der Waals surface area contributed by atoms with Crippen molar-refractivity contribution in [1.82, 2.24) is 15.1 Å². The molecule has 1 atom stereocenters. The number of non-ortho nitro benzene ring substituents is 1. The molecule has 2 aromatic rings. The molecule has 1 fully saturated rings. The summed E-state index contributed by atoms with van der Waals surface area (Å²) in [4.78, 5) is 39.8. The molecule has 1 aliphatic heterocycles. The van der Waals surface area contributed by atoms with Crippen LogP contribution in [0.4, 0.5) is 5.69 Å². The molecule has 0 saturated carbocycles. The Hall–Kier alpha value is -1.66. The number of nitro groups is 1. The maximum Gasteiger partial charge on any atom is 0.269 e. The van der Waals surface area contributed by atoms with Crippen LogP contribution in [0.2, 0.25) is 0 Å². The van der Waals surface area contributed by atoms with Gasteiger partial charge in [0.15, 0.2) is 5.78 Å². The van der Waals surface area contributed by atoms with Crippen molar-refractivity contribution < 1.29 is 14.5 Å². The molecule has 1 saturated heterocycles. The van der Waals surface area contributed by atoms with Crippen LogP contribution in [-0.4, -0.2) is 59.1 Å². The number of hydrogen-bond acceptors (Lipinski definition) is 7. The second-order valence-electron chi connectivity index (χ2n) is 7.66. The minimum Gasteiger partial charge on any atom is -0.348 e. The molecule has 31 heavy (non-hydrogen) atoms. The zero-order valence-corrected chi connectivity index (χ0v) is 20.5. The molecular formula is C20H20Br2N4O4S. The van der Waals surface area contributed by atoms with E-state index >= 15 is 0 Å². The van der Waals surface area contributed by atoms with Crippen molar-refractivity contribution in [3.63, 3.8) is 0 Å². The van der Waals surface area contributed by atoms with E-state index in [1.54, 1.807) is 12.1 Å². The predicted molar refractivity (Wildman–Crippen MR) is 124 cm³/mol. The number of piperazine rings is 1. The van der Waals surface area contributed by atoms with Crippen LogP contribution in [0.15, 0.2) is 31.8 Å². The number of carbonyl (C=O) groups is 2. The highest BCUT2D eigenvalue weighted by Gasteiger charge is 2.36. The number of Topliss-reactive ketones (excluding diaryl/α,β-unsaturated/α-hetero) is 1. The molecule has 1 unspecified atom stereocenters. The van der Waals surface area contributed by atoms with Gasteiger partial charge in [0.1, 0.15) is 0 Å². The first kappa shape index (κ1) is 22.5. The normalized spacial score (nSPS) is 19.4. The van der Waals surface area contributed by atoms with Gasteiger partial charge in [0, 0.05) is 62.4 Å². The van der Waals surface area contributed by atoms with Crippen LogP contribution >= 0.6 is 43.2 Å². The highest BCUT2D eigenvalue weighted by molar-refractivity contribution is 9.12. The van der Waals surface area contributed by atoms with Crippen molar-refractivity contribution >= 4 is 60.6 Å². The van der Waals surface area contributed by atoms with E-state index in [0.717, 1.165) is 44.9 Å². The Morgan fingerprint density at radius 3 is 2.61 bits per heavy atom. The number of nitrogens with one attached hydrogen (secondary N) is 1. The van der Waals surface area contributed by atoms with E-state index in [4.69, 9.17) is 0 Å². The summed E-state index contributed by atoms with van der Waals surface area (Å²) in [6.45, 7) is 3.98. The minimum absolute atomic E-state index is 0.0453. The Morgan fingerprint density at radius 2 is 1.90 bits per heavy atom. The number of hydrogen-bond donors (Lipinski definition) is 1. The summed E-state index contributed by atoms with van der Waals surface area (Å²) in [6, 6.07) is 6.41. The average molecular weight is 572 g/mol. The number of benzene rings is 1. The third-order valence-electron chi connectivity index (χ3n) is 5.57. The lowest BCUT2D eigenvalue weighted by Crippen LogP contribution is -2.49. The van der Waals surface area contributed by atoms with E-state index in [-0.39, 0.29) is 41.3 Å². The molecule has 4 rings (SSSR count). The van der Waals surface area contributed by atoms with Gasteiger partial charge in [0.25, 0.3) is 5.69 Å². The number of nitro benzene ring substituents is 1. The first-order valence-electron chi connectivity index (χ1n) is 9.80. The lowest BCUT2D eigenvalue weighted by atomic mass is 10.1. The summed E-state index contributed by atoms with van der Waals surface area (Å²) in [7, 11) is 0.